The van der Waals surface area contributed by atoms with Crippen molar-refractivity contribution < 1.29 is 17.9 Å². The fourth-order valence-corrected chi connectivity index (χ4v) is 5.10. The second-order valence-electron chi connectivity index (χ2n) is 7.18. The summed E-state index contributed by atoms with van der Waals surface area (Å²) in [5.74, 6) is -0.530. The number of aryl methyl sites for hydroxylation is 1. The molecule has 0 atom stereocenters. The molecule has 2 aliphatic rings. The number of anilines is 1. The number of nitrogens with one attached hydrogen (secondary N) is 1. The van der Waals surface area contributed by atoms with Crippen LogP contribution in [0, 0.1) is 6.92 Å². The first-order chi connectivity index (χ1) is 13.8. The molecule has 0 aliphatic carbocycles. The molecule has 4 rings (SSSR count). The Labute approximate surface area is 175 Å². The molecule has 2 aromatic carbocycles. The lowest BCUT2D eigenvalue weighted by Gasteiger charge is -2.32. The van der Waals surface area contributed by atoms with Crippen molar-refractivity contribution in [2.24, 2.45) is 0 Å². The highest BCUT2D eigenvalue weighted by molar-refractivity contribution is 7.91. The molecule has 29 heavy (non-hydrogen) atoms. The van der Waals surface area contributed by atoms with Crippen LogP contribution in [-0.2, 0) is 14.9 Å². The molecule has 0 saturated carbocycles. The van der Waals surface area contributed by atoms with Gasteiger partial charge < -0.3 is 4.74 Å². The Kier molecular flexibility index (Phi) is 5.52. The van der Waals surface area contributed by atoms with Gasteiger partial charge in [-0.2, -0.15) is 8.42 Å². The number of rotatable bonds is 4. The molecule has 0 unspecified atom stereocenters. The standard InChI is InChI=1S/C20H22ClN3O4S/c1-14-2-4-16(18(21)12-14)15-3-5-19-17(13-15)20(25)24(29(26,27)22-19)7-6-23-8-10-28-11-9-23/h2-5,12-13,22H,6-11H2,1H3. The van der Waals surface area contributed by atoms with Gasteiger partial charge in [-0.25, -0.2) is 4.31 Å². The molecule has 0 spiro atoms. The largest absolute Gasteiger partial charge is 0.379 e. The van der Waals surface area contributed by atoms with E-state index in [1.54, 1.807) is 18.2 Å². The van der Waals surface area contributed by atoms with Crippen molar-refractivity contribution in [1.82, 2.24) is 9.21 Å². The molecule has 0 aromatic heterocycles. The van der Waals surface area contributed by atoms with Gasteiger partial charge in [-0.15, -0.1) is 0 Å². The van der Waals surface area contributed by atoms with Crippen LogP contribution in [0.1, 0.15) is 15.9 Å². The maximum Gasteiger partial charge on any atom is 0.326 e. The van der Waals surface area contributed by atoms with E-state index in [2.05, 4.69) is 9.62 Å². The topological polar surface area (TPSA) is 79.0 Å². The summed E-state index contributed by atoms with van der Waals surface area (Å²) >= 11 is 6.37. The normalized spacial score (nSPS) is 19.0. The second kappa shape index (κ2) is 7.95. The molecule has 7 nitrogen and oxygen atoms in total. The SMILES string of the molecule is Cc1ccc(-c2ccc3c(c2)C(=O)N(CCN2CCOCC2)S(=O)(=O)N3)c(Cl)c1. The molecule has 2 aromatic rings. The quantitative estimate of drug-likeness (QED) is 0.798. The lowest BCUT2D eigenvalue weighted by Crippen LogP contribution is -2.49. The Morgan fingerprint density at radius 3 is 2.55 bits per heavy atom. The Morgan fingerprint density at radius 2 is 1.83 bits per heavy atom. The van der Waals surface area contributed by atoms with E-state index in [1.807, 2.05) is 25.1 Å². The minimum atomic E-state index is -3.93. The first kappa shape index (κ1) is 20.2. The third-order valence-corrected chi connectivity index (χ3v) is 6.88. The van der Waals surface area contributed by atoms with Crippen LogP contribution in [-0.4, -0.2) is 62.9 Å². The molecule has 1 amide bonds. The number of benzene rings is 2. The Hall–Kier alpha value is -2.13. The van der Waals surface area contributed by atoms with Gasteiger partial charge in [0, 0.05) is 30.2 Å². The minimum absolute atomic E-state index is 0.0864. The third-order valence-electron chi connectivity index (χ3n) is 5.16. The van der Waals surface area contributed by atoms with E-state index in [0.717, 1.165) is 34.1 Å². The summed E-state index contributed by atoms with van der Waals surface area (Å²) in [6.45, 7) is 5.18. The van der Waals surface area contributed by atoms with Crippen LogP contribution in [0.25, 0.3) is 11.1 Å². The number of ether oxygens (including phenoxy) is 1. The van der Waals surface area contributed by atoms with Gasteiger partial charge in [0.1, 0.15) is 0 Å². The maximum atomic E-state index is 13.1. The van der Waals surface area contributed by atoms with Crippen LogP contribution in [0.5, 0.6) is 0 Å². The van der Waals surface area contributed by atoms with Gasteiger partial charge in [0.25, 0.3) is 5.91 Å². The lowest BCUT2D eigenvalue weighted by molar-refractivity contribution is 0.0359. The highest BCUT2D eigenvalue weighted by Crippen LogP contribution is 2.34. The Balaban J connectivity index is 1.62. The van der Waals surface area contributed by atoms with Gasteiger partial charge in [0.15, 0.2) is 0 Å². The molecule has 0 radical (unpaired) electrons. The van der Waals surface area contributed by atoms with Crippen molar-refractivity contribution >= 4 is 33.4 Å². The predicted octanol–water partition coefficient (Wildman–Crippen LogP) is 2.76. The average molecular weight is 436 g/mol. The highest BCUT2D eigenvalue weighted by Gasteiger charge is 2.36. The fraction of sp³-hybridized carbons (Fsp3) is 0.350. The van der Waals surface area contributed by atoms with Gasteiger partial charge in [0.05, 0.1) is 31.0 Å². The Morgan fingerprint density at radius 1 is 1.07 bits per heavy atom. The summed E-state index contributed by atoms with van der Waals surface area (Å²) < 4.78 is 33.9. The Bertz CT molecular complexity index is 1050. The molecule has 154 valence electrons. The number of morpholine rings is 1. The van der Waals surface area contributed by atoms with Gasteiger partial charge in [0.2, 0.25) is 0 Å². The van der Waals surface area contributed by atoms with Crippen LogP contribution in [0.4, 0.5) is 5.69 Å². The lowest BCUT2D eigenvalue weighted by atomic mass is 10.0. The van der Waals surface area contributed by atoms with Gasteiger partial charge in [-0.1, -0.05) is 29.8 Å². The van der Waals surface area contributed by atoms with E-state index in [4.69, 9.17) is 16.3 Å². The summed E-state index contributed by atoms with van der Waals surface area (Å²) in [5, 5.41) is 0.581. The third kappa shape index (κ3) is 4.11. The number of halogens is 1. The maximum absolute atomic E-state index is 13.1. The molecule has 9 heteroatoms. The number of hydrogen-bond donors (Lipinski definition) is 1. The number of amides is 1. The smallest absolute Gasteiger partial charge is 0.326 e. The zero-order valence-corrected chi connectivity index (χ0v) is 17.6. The van der Waals surface area contributed by atoms with Gasteiger partial charge in [-0.05, 0) is 36.2 Å². The van der Waals surface area contributed by atoms with E-state index in [-0.39, 0.29) is 12.2 Å². The summed E-state index contributed by atoms with van der Waals surface area (Å²) in [6, 6.07) is 10.8. The second-order valence-corrected chi connectivity index (χ2v) is 9.18. The van der Waals surface area contributed by atoms with Crippen LogP contribution in [0.3, 0.4) is 0 Å². The number of hydrogen-bond acceptors (Lipinski definition) is 5. The average Bonchev–Trinajstić information content (AvgIpc) is 2.68. The molecule has 2 aliphatic heterocycles. The van der Waals surface area contributed by atoms with Crippen LogP contribution >= 0.6 is 11.6 Å². The van der Waals surface area contributed by atoms with Crippen molar-refractivity contribution in [1.29, 1.82) is 0 Å². The molecule has 0 bridgehead atoms. The number of carbonyl (C=O) groups is 1. The van der Waals surface area contributed by atoms with Crippen molar-refractivity contribution in [3.05, 3.63) is 52.5 Å². The molecule has 1 fully saturated rings. The molecule has 2 heterocycles. The zero-order valence-electron chi connectivity index (χ0n) is 16.0. The summed E-state index contributed by atoms with van der Waals surface area (Å²) in [6.07, 6.45) is 0. The van der Waals surface area contributed by atoms with E-state index in [1.165, 1.54) is 0 Å². The molecular weight excluding hydrogens is 414 g/mol. The molecule has 1 saturated heterocycles. The van der Waals surface area contributed by atoms with Crippen LogP contribution < -0.4 is 4.72 Å². The first-order valence-electron chi connectivity index (χ1n) is 9.41. The fourth-order valence-electron chi connectivity index (χ4n) is 3.55. The van der Waals surface area contributed by atoms with Crippen LogP contribution in [0.2, 0.25) is 5.02 Å². The summed E-state index contributed by atoms with van der Waals surface area (Å²) in [4.78, 5) is 15.1. The van der Waals surface area contributed by atoms with E-state index in [9.17, 15) is 13.2 Å². The molecule has 1 N–H and O–H groups in total. The minimum Gasteiger partial charge on any atom is -0.379 e. The monoisotopic (exact) mass is 435 g/mol. The number of nitrogens with zero attached hydrogens (tertiary/aromatic N) is 2. The highest BCUT2D eigenvalue weighted by atomic mass is 35.5. The van der Waals surface area contributed by atoms with Gasteiger partial charge >= 0.3 is 10.2 Å². The van der Waals surface area contributed by atoms with Crippen molar-refractivity contribution in [2.45, 2.75) is 6.92 Å². The summed E-state index contributed by atoms with van der Waals surface area (Å²) in [7, 11) is -3.93. The van der Waals surface area contributed by atoms with Crippen molar-refractivity contribution in [2.75, 3.05) is 44.1 Å². The summed E-state index contributed by atoms with van der Waals surface area (Å²) in [5.41, 5.74) is 3.19. The first-order valence-corrected chi connectivity index (χ1v) is 11.2. The van der Waals surface area contributed by atoms with Crippen LogP contribution in [0.15, 0.2) is 36.4 Å². The van der Waals surface area contributed by atoms with Crippen molar-refractivity contribution in [3.63, 3.8) is 0 Å². The number of carbonyl (C=O) groups excluding carboxylic acids is 1. The van der Waals surface area contributed by atoms with E-state index >= 15 is 0 Å². The predicted molar refractivity (Wildman–Crippen MR) is 112 cm³/mol. The molecular formula is C20H22ClN3O4S. The zero-order chi connectivity index (χ0) is 20.6. The van der Waals surface area contributed by atoms with E-state index < -0.39 is 16.1 Å². The van der Waals surface area contributed by atoms with E-state index in [0.29, 0.717) is 30.3 Å². The van der Waals surface area contributed by atoms with Crippen molar-refractivity contribution in [3.8, 4) is 11.1 Å². The number of fused-ring (bicyclic) bond motifs is 1. The van der Waals surface area contributed by atoms with Gasteiger partial charge in [-0.3, -0.25) is 14.4 Å².